The van der Waals surface area contributed by atoms with E-state index in [1.165, 1.54) is 23.0 Å². The van der Waals surface area contributed by atoms with Crippen LogP contribution in [0.4, 0.5) is 15.9 Å². The van der Waals surface area contributed by atoms with E-state index in [4.69, 9.17) is 32.5 Å². The smallest absolute Gasteiger partial charge is 0.226 e. The summed E-state index contributed by atoms with van der Waals surface area (Å²) in [5, 5.41) is 28.1. The highest BCUT2D eigenvalue weighted by Gasteiger charge is 2.47. The van der Waals surface area contributed by atoms with Gasteiger partial charge in [0.05, 0.1) is 17.7 Å². The Morgan fingerprint density at radius 2 is 2.00 bits per heavy atom. The molecule has 1 aliphatic rings. The van der Waals surface area contributed by atoms with Crippen LogP contribution in [0.2, 0.25) is 10.3 Å². The molecule has 0 spiro atoms. The zero-order chi connectivity index (χ0) is 23.3. The largest absolute Gasteiger partial charge is 0.387 e. The number of hydrogen-bond acceptors (Lipinski definition) is 9. The van der Waals surface area contributed by atoms with E-state index in [2.05, 4.69) is 25.4 Å². The highest BCUT2D eigenvalue weighted by atomic mass is 35.5. The molecular formula is C20H17Cl2FN6O4. The van der Waals surface area contributed by atoms with Gasteiger partial charge in [-0.2, -0.15) is 9.97 Å². The Morgan fingerprint density at radius 3 is 2.73 bits per heavy atom. The average Bonchev–Trinajstić information content (AvgIpc) is 3.49. The SMILES string of the molecule is CCc1cc([C@H]2O[C@@H](n3cnc4c(Nc5ccc(Cl)cc5F)nc(Cl)nc43)[C@H](O)[C@@H]2O)on1. The van der Waals surface area contributed by atoms with Gasteiger partial charge in [0, 0.05) is 11.1 Å². The van der Waals surface area contributed by atoms with Crippen molar-refractivity contribution in [1.82, 2.24) is 24.7 Å². The maximum absolute atomic E-state index is 14.3. The molecule has 3 aromatic heterocycles. The Hall–Kier alpha value is -2.83. The summed E-state index contributed by atoms with van der Waals surface area (Å²) < 4.78 is 26.8. The fraction of sp³-hybridized carbons (Fsp3) is 0.300. The molecule has 1 saturated heterocycles. The fourth-order valence-electron chi connectivity index (χ4n) is 3.64. The molecule has 3 N–H and O–H groups in total. The zero-order valence-corrected chi connectivity index (χ0v) is 18.5. The van der Waals surface area contributed by atoms with Crippen LogP contribution in [0.5, 0.6) is 0 Å². The van der Waals surface area contributed by atoms with E-state index in [-0.39, 0.29) is 33.0 Å². The van der Waals surface area contributed by atoms with Crippen molar-refractivity contribution in [2.45, 2.75) is 37.9 Å². The first-order valence-electron chi connectivity index (χ1n) is 9.95. The number of fused-ring (bicyclic) bond motifs is 1. The lowest BCUT2D eigenvalue weighted by Crippen LogP contribution is -2.28. The molecule has 0 amide bonds. The molecule has 172 valence electrons. The van der Waals surface area contributed by atoms with Crippen molar-refractivity contribution in [1.29, 1.82) is 0 Å². The predicted octanol–water partition coefficient (Wildman–Crippen LogP) is 3.56. The molecule has 0 bridgehead atoms. The number of ether oxygens (including phenoxy) is 1. The Bertz CT molecular complexity index is 1330. The number of halogens is 3. The van der Waals surface area contributed by atoms with Crippen LogP contribution in [0.25, 0.3) is 11.2 Å². The molecule has 13 heteroatoms. The van der Waals surface area contributed by atoms with E-state index in [0.717, 1.165) is 6.07 Å². The maximum Gasteiger partial charge on any atom is 0.226 e. The summed E-state index contributed by atoms with van der Waals surface area (Å²) in [6.45, 7) is 1.91. The number of anilines is 2. The van der Waals surface area contributed by atoms with Crippen molar-refractivity contribution in [2.24, 2.45) is 0 Å². The molecule has 0 aliphatic carbocycles. The number of imidazole rings is 1. The normalized spacial score (nSPS) is 22.8. The Labute approximate surface area is 195 Å². The third kappa shape index (κ3) is 3.91. The van der Waals surface area contributed by atoms with Crippen molar-refractivity contribution in [2.75, 3.05) is 5.32 Å². The maximum atomic E-state index is 14.3. The number of benzene rings is 1. The van der Waals surface area contributed by atoms with Crippen LogP contribution in [-0.2, 0) is 11.2 Å². The summed E-state index contributed by atoms with van der Waals surface area (Å²) in [5.41, 5.74) is 1.25. The van der Waals surface area contributed by atoms with Gasteiger partial charge in [0.1, 0.15) is 24.1 Å². The monoisotopic (exact) mass is 494 g/mol. The fourth-order valence-corrected chi connectivity index (χ4v) is 3.96. The van der Waals surface area contributed by atoms with Crippen LogP contribution in [0.15, 0.2) is 35.1 Å². The number of rotatable bonds is 5. The second kappa shape index (κ2) is 8.50. The summed E-state index contributed by atoms with van der Waals surface area (Å²) in [6.07, 6.45) is -2.63. The summed E-state index contributed by atoms with van der Waals surface area (Å²) in [6, 6.07) is 5.78. The summed E-state index contributed by atoms with van der Waals surface area (Å²) in [7, 11) is 0. The second-order valence-corrected chi connectivity index (χ2v) is 8.19. The molecule has 1 aromatic carbocycles. The van der Waals surface area contributed by atoms with E-state index < -0.39 is 30.4 Å². The third-order valence-corrected chi connectivity index (χ3v) is 5.71. The van der Waals surface area contributed by atoms with Gasteiger partial charge in [0.2, 0.25) is 5.28 Å². The van der Waals surface area contributed by atoms with Crippen molar-refractivity contribution >= 4 is 45.9 Å². The van der Waals surface area contributed by atoms with E-state index in [1.54, 1.807) is 6.07 Å². The highest BCUT2D eigenvalue weighted by molar-refractivity contribution is 6.30. The highest BCUT2D eigenvalue weighted by Crippen LogP contribution is 2.40. The van der Waals surface area contributed by atoms with Crippen molar-refractivity contribution in [3.63, 3.8) is 0 Å². The van der Waals surface area contributed by atoms with E-state index >= 15 is 0 Å². The third-order valence-electron chi connectivity index (χ3n) is 5.31. The van der Waals surface area contributed by atoms with Crippen molar-refractivity contribution in [3.8, 4) is 0 Å². The molecule has 5 rings (SSSR count). The molecular weight excluding hydrogens is 478 g/mol. The van der Waals surface area contributed by atoms with Crippen molar-refractivity contribution < 1.29 is 23.9 Å². The van der Waals surface area contributed by atoms with Crippen LogP contribution < -0.4 is 5.32 Å². The summed E-state index contributed by atoms with van der Waals surface area (Å²) in [4.78, 5) is 12.6. The minimum absolute atomic E-state index is 0.106. The molecule has 0 unspecified atom stereocenters. The van der Waals surface area contributed by atoms with E-state index in [9.17, 15) is 14.6 Å². The quantitative estimate of drug-likeness (QED) is 0.356. The topological polar surface area (TPSA) is 131 Å². The van der Waals surface area contributed by atoms with Gasteiger partial charge in [-0.3, -0.25) is 4.57 Å². The first-order valence-corrected chi connectivity index (χ1v) is 10.7. The lowest BCUT2D eigenvalue weighted by Gasteiger charge is -2.16. The van der Waals surface area contributed by atoms with Gasteiger partial charge in [0.25, 0.3) is 0 Å². The molecule has 33 heavy (non-hydrogen) atoms. The number of aliphatic hydroxyl groups is 2. The summed E-state index contributed by atoms with van der Waals surface area (Å²) in [5.74, 6) is -0.167. The molecule has 4 atom stereocenters. The Morgan fingerprint density at radius 1 is 1.18 bits per heavy atom. The van der Waals surface area contributed by atoms with Gasteiger partial charge < -0.3 is 24.8 Å². The molecule has 0 saturated carbocycles. The number of nitrogens with zero attached hydrogens (tertiary/aromatic N) is 5. The number of nitrogens with one attached hydrogen (secondary N) is 1. The number of aryl methyl sites for hydroxylation is 1. The van der Waals surface area contributed by atoms with E-state index in [1.807, 2.05) is 6.92 Å². The van der Waals surface area contributed by atoms with Crippen LogP contribution in [-0.4, -0.2) is 47.1 Å². The minimum atomic E-state index is -1.33. The minimum Gasteiger partial charge on any atom is -0.387 e. The average molecular weight is 495 g/mol. The predicted molar refractivity (Wildman–Crippen MR) is 116 cm³/mol. The van der Waals surface area contributed by atoms with Crippen LogP contribution in [0, 0.1) is 5.82 Å². The number of aliphatic hydroxyl groups excluding tert-OH is 2. The Balaban J connectivity index is 1.50. The molecule has 1 fully saturated rings. The van der Waals surface area contributed by atoms with Crippen LogP contribution >= 0.6 is 23.2 Å². The molecule has 10 nitrogen and oxygen atoms in total. The van der Waals surface area contributed by atoms with Gasteiger partial charge in [-0.05, 0) is 36.2 Å². The van der Waals surface area contributed by atoms with Crippen molar-refractivity contribution in [3.05, 3.63) is 58.2 Å². The summed E-state index contributed by atoms with van der Waals surface area (Å²) >= 11 is 11.9. The van der Waals surface area contributed by atoms with Crippen LogP contribution in [0.3, 0.4) is 0 Å². The van der Waals surface area contributed by atoms with E-state index in [0.29, 0.717) is 17.9 Å². The number of hydrogen-bond donors (Lipinski definition) is 3. The lowest BCUT2D eigenvalue weighted by atomic mass is 10.1. The second-order valence-electron chi connectivity index (χ2n) is 7.42. The standard InChI is InChI=1S/C20H17Cl2FN6O4/c1-2-9-6-12(33-28-9)16-14(30)15(31)19(32-16)29-7-24-13-17(26-20(22)27-18(13)29)25-11-4-3-8(21)5-10(11)23/h3-7,14-16,19,30-31H,2H2,1H3,(H,25,26,27)/t14-,15+,16+,19+/m0/s1. The van der Waals surface area contributed by atoms with Gasteiger partial charge in [0.15, 0.2) is 29.0 Å². The van der Waals surface area contributed by atoms with Gasteiger partial charge in [-0.15, -0.1) is 0 Å². The van der Waals surface area contributed by atoms with Gasteiger partial charge in [-0.25, -0.2) is 9.37 Å². The van der Waals surface area contributed by atoms with Gasteiger partial charge >= 0.3 is 0 Å². The first kappa shape index (κ1) is 22.0. The first-order chi connectivity index (χ1) is 15.9. The molecule has 0 radical (unpaired) electrons. The Kier molecular flexibility index (Phi) is 5.67. The lowest BCUT2D eigenvalue weighted by molar-refractivity contribution is -0.0434. The molecule has 4 aromatic rings. The molecule has 1 aliphatic heterocycles. The van der Waals surface area contributed by atoms with Crippen LogP contribution in [0.1, 0.15) is 30.7 Å². The molecule has 4 heterocycles. The number of aromatic nitrogens is 5. The zero-order valence-electron chi connectivity index (χ0n) is 17.0. The van der Waals surface area contributed by atoms with Gasteiger partial charge in [-0.1, -0.05) is 23.7 Å².